The van der Waals surface area contributed by atoms with Gasteiger partial charge >= 0.3 is 0 Å². The maximum Gasteiger partial charge on any atom is 0.264 e. The lowest BCUT2D eigenvalue weighted by molar-refractivity contribution is 0.599. The van der Waals surface area contributed by atoms with Gasteiger partial charge in [0.2, 0.25) is 5.95 Å². The number of benzene rings is 1. The minimum absolute atomic E-state index is 0.0892. The summed E-state index contributed by atoms with van der Waals surface area (Å²) < 4.78 is 39.8. The van der Waals surface area contributed by atoms with Crippen LogP contribution in [0.15, 0.2) is 41.6 Å². The number of aromatic nitrogens is 2. The monoisotopic (exact) mass is 312 g/mol. The summed E-state index contributed by atoms with van der Waals surface area (Å²) in [6, 6.07) is 4.68. The third-order valence-electron chi connectivity index (χ3n) is 2.31. The molecule has 1 aromatic heterocycles. The van der Waals surface area contributed by atoms with Gasteiger partial charge in [0.1, 0.15) is 10.8 Å². The van der Waals surface area contributed by atoms with Crippen LogP contribution in [0.5, 0.6) is 0 Å². The van der Waals surface area contributed by atoms with Crippen molar-refractivity contribution < 1.29 is 12.8 Å². The minimum atomic E-state index is -3.94. The molecule has 0 bridgehead atoms. The standard InChI is InChI=1S/C11H9FN4O2S2/c12-9-3-2-7(6-8(9)10(13)19)20(17,18)16-11-14-4-1-5-15-11/h1-6H,(H2,13,19)(H,14,15,16). The molecule has 2 rings (SSSR count). The van der Waals surface area contributed by atoms with E-state index in [9.17, 15) is 12.8 Å². The molecule has 2 aromatic rings. The molecule has 0 aliphatic rings. The molecule has 20 heavy (non-hydrogen) atoms. The van der Waals surface area contributed by atoms with Crippen molar-refractivity contribution in [2.45, 2.75) is 4.90 Å². The highest BCUT2D eigenvalue weighted by atomic mass is 32.2. The Balaban J connectivity index is 2.40. The number of nitrogens with zero attached hydrogens (tertiary/aromatic N) is 2. The van der Waals surface area contributed by atoms with Crippen LogP contribution in [0.4, 0.5) is 10.3 Å². The predicted octanol–water partition coefficient (Wildman–Crippen LogP) is 1.05. The fraction of sp³-hybridized carbons (Fsp3) is 0. The second-order valence-electron chi connectivity index (χ2n) is 3.68. The lowest BCUT2D eigenvalue weighted by Gasteiger charge is -2.08. The van der Waals surface area contributed by atoms with Gasteiger partial charge in [0.05, 0.1) is 4.90 Å². The maximum absolute atomic E-state index is 13.4. The van der Waals surface area contributed by atoms with E-state index in [1.54, 1.807) is 6.07 Å². The number of sulfonamides is 1. The van der Waals surface area contributed by atoms with Gasteiger partial charge in [-0.15, -0.1) is 0 Å². The molecule has 0 fully saturated rings. The van der Waals surface area contributed by atoms with E-state index in [1.165, 1.54) is 12.4 Å². The van der Waals surface area contributed by atoms with Crippen LogP contribution >= 0.6 is 12.2 Å². The number of hydrogen-bond acceptors (Lipinski definition) is 5. The SMILES string of the molecule is NC(=S)c1cc(S(=O)(=O)Nc2ncccn2)ccc1F. The van der Waals surface area contributed by atoms with Crippen molar-refractivity contribution in [3.05, 3.63) is 48.0 Å². The molecule has 0 amide bonds. The molecule has 0 aliphatic carbocycles. The van der Waals surface area contributed by atoms with Crippen molar-refractivity contribution in [1.29, 1.82) is 0 Å². The van der Waals surface area contributed by atoms with Crippen LogP contribution in [0.25, 0.3) is 0 Å². The highest BCUT2D eigenvalue weighted by molar-refractivity contribution is 7.92. The van der Waals surface area contributed by atoms with Crippen LogP contribution in [0, 0.1) is 5.82 Å². The molecule has 0 aliphatic heterocycles. The molecule has 1 heterocycles. The lowest BCUT2D eigenvalue weighted by atomic mass is 10.2. The molecule has 104 valence electrons. The molecule has 6 nitrogen and oxygen atoms in total. The zero-order valence-corrected chi connectivity index (χ0v) is 11.6. The fourth-order valence-corrected chi connectivity index (χ4v) is 2.53. The molecule has 0 unspecified atom stereocenters. The Kier molecular flexibility index (Phi) is 3.91. The number of rotatable bonds is 4. The Hall–Kier alpha value is -2.13. The molecule has 0 saturated carbocycles. The van der Waals surface area contributed by atoms with Crippen LogP contribution in [0.1, 0.15) is 5.56 Å². The van der Waals surface area contributed by atoms with Gasteiger partial charge in [-0.05, 0) is 24.3 Å². The van der Waals surface area contributed by atoms with Gasteiger partial charge in [-0.1, -0.05) is 12.2 Å². The van der Waals surface area contributed by atoms with Crippen LogP contribution in [-0.2, 0) is 10.0 Å². The van der Waals surface area contributed by atoms with Gasteiger partial charge < -0.3 is 5.73 Å². The molecular weight excluding hydrogens is 303 g/mol. The summed E-state index contributed by atoms with van der Waals surface area (Å²) in [6.07, 6.45) is 2.77. The fourth-order valence-electron chi connectivity index (χ4n) is 1.39. The van der Waals surface area contributed by atoms with E-state index >= 15 is 0 Å². The average Bonchev–Trinajstić information content (AvgIpc) is 2.39. The predicted molar refractivity (Wildman–Crippen MR) is 75.1 cm³/mol. The molecule has 0 saturated heterocycles. The highest BCUT2D eigenvalue weighted by Gasteiger charge is 2.18. The zero-order valence-electron chi connectivity index (χ0n) is 9.95. The number of anilines is 1. The van der Waals surface area contributed by atoms with E-state index in [-0.39, 0.29) is 21.4 Å². The Morgan fingerprint density at radius 2 is 1.95 bits per heavy atom. The summed E-state index contributed by atoms with van der Waals surface area (Å²) in [6.45, 7) is 0. The normalized spacial score (nSPS) is 11.1. The summed E-state index contributed by atoms with van der Waals surface area (Å²) in [5, 5.41) is 0. The van der Waals surface area contributed by atoms with E-state index in [0.717, 1.165) is 18.2 Å². The Labute approximate surface area is 119 Å². The lowest BCUT2D eigenvalue weighted by Crippen LogP contribution is -2.17. The van der Waals surface area contributed by atoms with E-state index in [2.05, 4.69) is 26.9 Å². The summed E-state index contributed by atoms with van der Waals surface area (Å²) in [7, 11) is -3.94. The van der Waals surface area contributed by atoms with Gasteiger partial charge in [0.25, 0.3) is 10.0 Å². The van der Waals surface area contributed by atoms with Gasteiger partial charge in [-0.25, -0.2) is 27.5 Å². The first-order chi connectivity index (χ1) is 9.40. The number of halogens is 1. The topological polar surface area (TPSA) is 98.0 Å². The number of thiocarbonyl (C=S) groups is 1. The van der Waals surface area contributed by atoms with E-state index in [0.29, 0.717) is 0 Å². The summed E-state index contributed by atoms with van der Waals surface area (Å²) in [5.41, 5.74) is 5.19. The van der Waals surface area contributed by atoms with Crippen LogP contribution < -0.4 is 10.5 Å². The number of nitrogens with one attached hydrogen (secondary N) is 1. The summed E-state index contributed by atoms with van der Waals surface area (Å²) in [4.78, 5) is 7.06. The maximum atomic E-state index is 13.4. The van der Waals surface area contributed by atoms with Crippen LogP contribution in [0.3, 0.4) is 0 Å². The number of nitrogens with two attached hydrogens (primary N) is 1. The number of hydrogen-bond donors (Lipinski definition) is 2. The third-order valence-corrected chi connectivity index (χ3v) is 3.85. The summed E-state index contributed by atoms with van der Waals surface area (Å²) >= 11 is 4.66. The molecule has 0 atom stereocenters. The van der Waals surface area contributed by atoms with E-state index in [4.69, 9.17) is 5.73 Å². The first-order valence-corrected chi connectivity index (χ1v) is 7.18. The smallest absolute Gasteiger partial charge is 0.264 e. The highest BCUT2D eigenvalue weighted by Crippen LogP contribution is 2.17. The quantitative estimate of drug-likeness (QED) is 0.819. The largest absolute Gasteiger partial charge is 0.389 e. The van der Waals surface area contributed by atoms with Gasteiger partial charge in [-0.3, -0.25) is 0 Å². The Morgan fingerprint density at radius 1 is 1.30 bits per heavy atom. The Bertz CT molecular complexity index is 750. The first-order valence-electron chi connectivity index (χ1n) is 5.29. The van der Waals surface area contributed by atoms with Gasteiger partial charge in [0.15, 0.2) is 0 Å². The van der Waals surface area contributed by atoms with Crippen molar-refractivity contribution in [1.82, 2.24) is 9.97 Å². The van der Waals surface area contributed by atoms with E-state index < -0.39 is 15.8 Å². The molecule has 0 spiro atoms. The molecule has 0 radical (unpaired) electrons. The first kappa shape index (κ1) is 14.3. The van der Waals surface area contributed by atoms with Gasteiger partial charge in [0, 0.05) is 18.0 Å². The van der Waals surface area contributed by atoms with Crippen molar-refractivity contribution in [3.8, 4) is 0 Å². The minimum Gasteiger partial charge on any atom is -0.389 e. The molecule has 1 aromatic carbocycles. The van der Waals surface area contributed by atoms with Crippen molar-refractivity contribution >= 4 is 33.2 Å². The second-order valence-corrected chi connectivity index (χ2v) is 5.81. The average molecular weight is 312 g/mol. The summed E-state index contributed by atoms with van der Waals surface area (Å²) in [5.74, 6) is -0.777. The van der Waals surface area contributed by atoms with Crippen molar-refractivity contribution in [3.63, 3.8) is 0 Å². The Morgan fingerprint density at radius 3 is 2.55 bits per heavy atom. The zero-order chi connectivity index (χ0) is 14.8. The second kappa shape index (κ2) is 5.47. The van der Waals surface area contributed by atoms with Crippen molar-refractivity contribution in [2.75, 3.05) is 4.72 Å². The van der Waals surface area contributed by atoms with Crippen LogP contribution in [0.2, 0.25) is 0 Å². The molecule has 3 N–H and O–H groups in total. The van der Waals surface area contributed by atoms with Crippen LogP contribution in [-0.4, -0.2) is 23.4 Å². The molecule has 9 heteroatoms. The van der Waals surface area contributed by atoms with E-state index in [1.807, 2.05) is 0 Å². The third kappa shape index (κ3) is 3.06. The molecular formula is C11H9FN4O2S2. The van der Waals surface area contributed by atoms with Gasteiger partial charge in [-0.2, -0.15) is 0 Å². The van der Waals surface area contributed by atoms with Crippen molar-refractivity contribution in [2.24, 2.45) is 5.73 Å².